The van der Waals surface area contributed by atoms with Crippen LogP contribution in [-0.4, -0.2) is 66.5 Å². The van der Waals surface area contributed by atoms with Gasteiger partial charge < -0.3 is 19.7 Å². The number of aromatic nitrogens is 2. The number of carbonyl (C=O) groups is 1. The van der Waals surface area contributed by atoms with Crippen molar-refractivity contribution in [3.05, 3.63) is 71.8 Å². The monoisotopic (exact) mass is 554 g/mol. The number of hydrogen-bond acceptors (Lipinski definition) is 5. The number of aromatic amines is 1. The molecule has 2 N–H and O–H groups in total. The molecule has 3 aliphatic rings. The van der Waals surface area contributed by atoms with Gasteiger partial charge in [-0.1, -0.05) is 31.1 Å². The molecule has 1 aromatic heterocycles. The van der Waals surface area contributed by atoms with Gasteiger partial charge in [-0.05, 0) is 92.5 Å². The maximum Gasteiger partial charge on any atom is 0.251 e. The van der Waals surface area contributed by atoms with Crippen molar-refractivity contribution in [3.8, 4) is 17.0 Å². The summed E-state index contributed by atoms with van der Waals surface area (Å²) < 4.78 is 11.5. The molecule has 6 rings (SSSR count). The largest absolute Gasteiger partial charge is 0.490 e. The molecule has 2 fully saturated rings. The van der Waals surface area contributed by atoms with Gasteiger partial charge in [-0.2, -0.15) is 5.10 Å². The Morgan fingerprint density at radius 3 is 2.61 bits per heavy atom. The number of piperidine rings is 1. The number of ether oxygens (including phenoxy) is 2. The molecule has 1 unspecified atom stereocenters. The van der Waals surface area contributed by atoms with Gasteiger partial charge in [0.2, 0.25) is 0 Å². The quantitative estimate of drug-likeness (QED) is 0.308. The van der Waals surface area contributed by atoms with E-state index in [1.54, 1.807) is 7.11 Å². The van der Waals surface area contributed by atoms with Crippen LogP contribution >= 0.6 is 0 Å². The molecule has 1 saturated carbocycles. The Balaban J connectivity index is 1.14. The summed E-state index contributed by atoms with van der Waals surface area (Å²) in [7, 11) is 1.75. The molecule has 41 heavy (non-hydrogen) atoms. The van der Waals surface area contributed by atoms with Crippen LogP contribution in [0.3, 0.4) is 0 Å². The summed E-state index contributed by atoms with van der Waals surface area (Å²) in [6, 6.07) is 14.1. The van der Waals surface area contributed by atoms with Gasteiger partial charge in [0, 0.05) is 43.3 Å². The number of nitrogens with one attached hydrogen (secondary N) is 2. The first kappa shape index (κ1) is 27.7. The molecule has 2 aromatic carbocycles. The van der Waals surface area contributed by atoms with E-state index in [1.165, 1.54) is 31.3 Å². The Morgan fingerprint density at radius 1 is 1.07 bits per heavy atom. The normalized spacial score (nSPS) is 19.4. The fraction of sp³-hybridized carbons (Fsp3) is 0.471. The zero-order valence-corrected chi connectivity index (χ0v) is 24.1. The Kier molecular flexibility index (Phi) is 8.82. The van der Waals surface area contributed by atoms with Crippen molar-refractivity contribution in [2.45, 2.75) is 63.5 Å². The number of amides is 1. The van der Waals surface area contributed by atoms with Crippen LogP contribution in [0.1, 0.15) is 61.7 Å². The average Bonchev–Trinajstić information content (AvgIpc) is 3.71. The van der Waals surface area contributed by atoms with Crippen LogP contribution in [0.15, 0.2) is 66.3 Å². The van der Waals surface area contributed by atoms with Gasteiger partial charge in [-0.15, -0.1) is 0 Å². The average molecular weight is 555 g/mol. The summed E-state index contributed by atoms with van der Waals surface area (Å²) in [5.74, 6) is 1.37. The lowest BCUT2D eigenvalue weighted by atomic mass is 9.88. The van der Waals surface area contributed by atoms with Crippen molar-refractivity contribution in [2.24, 2.45) is 5.92 Å². The number of methoxy groups -OCH3 is 1. The number of rotatable bonds is 10. The highest BCUT2D eigenvalue weighted by Gasteiger charge is 2.29. The van der Waals surface area contributed by atoms with Crippen LogP contribution in [0.25, 0.3) is 22.2 Å². The number of likely N-dealkylation sites (tertiary alicyclic amines) is 1. The van der Waals surface area contributed by atoms with E-state index in [1.807, 2.05) is 30.3 Å². The lowest BCUT2D eigenvalue weighted by Crippen LogP contribution is -2.40. The molecule has 1 saturated heterocycles. The van der Waals surface area contributed by atoms with E-state index in [0.29, 0.717) is 11.5 Å². The number of carbonyl (C=O) groups excluding carboxylic acids is 1. The van der Waals surface area contributed by atoms with Gasteiger partial charge in [0.1, 0.15) is 11.9 Å². The number of nitrogens with zero attached hydrogens (tertiary/aromatic N) is 2. The van der Waals surface area contributed by atoms with Crippen molar-refractivity contribution >= 4 is 16.8 Å². The van der Waals surface area contributed by atoms with Crippen LogP contribution in [0.2, 0.25) is 0 Å². The number of hydrogen-bond donors (Lipinski definition) is 2. The van der Waals surface area contributed by atoms with Gasteiger partial charge in [0.15, 0.2) is 0 Å². The third-order valence-corrected chi connectivity index (χ3v) is 8.94. The summed E-state index contributed by atoms with van der Waals surface area (Å²) in [4.78, 5) is 16.0. The number of benzene rings is 2. The van der Waals surface area contributed by atoms with E-state index in [4.69, 9.17) is 9.47 Å². The minimum atomic E-state index is -0.0205. The molecule has 3 aromatic rings. The molecule has 1 aliphatic heterocycles. The lowest BCUT2D eigenvalue weighted by Gasteiger charge is -2.31. The van der Waals surface area contributed by atoms with E-state index in [-0.39, 0.29) is 18.1 Å². The second-order valence-electron chi connectivity index (χ2n) is 11.7. The summed E-state index contributed by atoms with van der Waals surface area (Å²) in [5.41, 5.74) is 4.69. The van der Waals surface area contributed by atoms with Crippen LogP contribution < -0.4 is 10.1 Å². The van der Waals surface area contributed by atoms with E-state index >= 15 is 0 Å². The fourth-order valence-electron chi connectivity index (χ4n) is 6.58. The molecule has 1 amide bonds. The lowest BCUT2D eigenvalue weighted by molar-refractivity contribution is 0.0797. The van der Waals surface area contributed by atoms with Gasteiger partial charge in [0.05, 0.1) is 23.9 Å². The number of fused-ring (bicyclic) bond motifs is 1. The number of allylic oxidation sites excluding steroid dienone is 2. The van der Waals surface area contributed by atoms with Crippen molar-refractivity contribution in [3.63, 3.8) is 0 Å². The predicted molar refractivity (Wildman–Crippen MR) is 163 cm³/mol. The second kappa shape index (κ2) is 13.0. The van der Waals surface area contributed by atoms with Crippen molar-refractivity contribution in [1.29, 1.82) is 0 Å². The molecule has 7 heteroatoms. The van der Waals surface area contributed by atoms with Crippen molar-refractivity contribution in [2.75, 3.05) is 33.4 Å². The van der Waals surface area contributed by atoms with Gasteiger partial charge in [0.25, 0.3) is 5.91 Å². The molecular formula is C34H42N4O3. The minimum absolute atomic E-state index is 0.0205. The highest BCUT2D eigenvalue weighted by Crippen LogP contribution is 2.33. The molecule has 0 radical (unpaired) electrons. The van der Waals surface area contributed by atoms with E-state index in [9.17, 15) is 4.79 Å². The van der Waals surface area contributed by atoms with Crippen LogP contribution in [0.4, 0.5) is 0 Å². The maximum absolute atomic E-state index is 13.6. The Hall–Kier alpha value is -3.42. The summed E-state index contributed by atoms with van der Waals surface area (Å²) in [5, 5.41) is 12.1. The van der Waals surface area contributed by atoms with E-state index in [2.05, 4.69) is 50.8 Å². The highest BCUT2D eigenvalue weighted by molar-refractivity contribution is 6.01. The molecule has 7 nitrogen and oxygen atoms in total. The fourth-order valence-corrected chi connectivity index (χ4v) is 6.58. The Morgan fingerprint density at radius 2 is 1.88 bits per heavy atom. The molecule has 216 valence electrons. The smallest absolute Gasteiger partial charge is 0.251 e. The zero-order valence-electron chi connectivity index (χ0n) is 24.1. The molecule has 0 spiro atoms. The summed E-state index contributed by atoms with van der Waals surface area (Å²) >= 11 is 0. The zero-order chi connectivity index (χ0) is 28.0. The first-order valence-corrected chi connectivity index (χ1v) is 15.3. The van der Waals surface area contributed by atoms with E-state index < -0.39 is 0 Å². The molecule has 2 heterocycles. The Labute approximate surface area is 243 Å². The van der Waals surface area contributed by atoms with Crippen LogP contribution in [-0.2, 0) is 4.74 Å². The first-order chi connectivity index (χ1) is 20.2. The van der Waals surface area contributed by atoms with Crippen molar-refractivity contribution < 1.29 is 14.3 Å². The SMILES string of the molecule is COCCN1CCC(Oc2ccc(-c3n[nH]c4ccc(C(=O)NC(C5=CCCC=C5)C5CCCC5)cc34)cc2)CC1. The van der Waals surface area contributed by atoms with Crippen LogP contribution in [0.5, 0.6) is 5.75 Å². The second-order valence-corrected chi connectivity index (χ2v) is 11.7. The van der Waals surface area contributed by atoms with E-state index in [0.717, 1.165) is 79.8 Å². The Bertz CT molecular complexity index is 1380. The standard InChI is InChI=1S/C34H42N4O3/c1-40-22-21-38-19-17-29(18-20-38)41-28-14-11-26(12-15-28)33-30-23-27(13-16-31(30)36-37-33)34(39)35-32(25-9-5-6-10-25)24-7-3-2-4-8-24/h3,7-8,11-16,23,25,29,32H,2,4-6,9-10,17-22H2,1H3,(H,35,39)(H,36,37). The third-order valence-electron chi connectivity index (χ3n) is 8.94. The van der Waals surface area contributed by atoms with Gasteiger partial charge >= 0.3 is 0 Å². The first-order valence-electron chi connectivity index (χ1n) is 15.3. The topological polar surface area (TPSA) is 79.5 Å². The molecular weight excluding hydrogens is 512 g/mol. The molecule has 2 aliphatic carbocycles. The van der Waals surface area contributed by atoms with Gasteiger partial charge in [-0.3, -0.25) is 9.89 Å². The van der Waals surface area contributed by atoms with Gasteiger partial charge in [-0.25, -0.2) is 0 Å². The summed E-state index contributed by atoms with van der Waals surface area (Å²) in [6.07, 6.45) is 16.0. The summed E-state index contributed by atoms with van der Waals surface area (Å²) in [6.45, 7) is 3.83. The molecule has 0 bridgehead atoms. The van der Waals surface area contributed by atoms with Crippen molar-refractivity contribution in [1.82, 2.24) is 20.4 Å². The number of H-pyrrole nitrogens is 1. The predicted octanol–water partition coefficient (Wildman–Crippen LogP) is 6.28. The van der Waals surface area contributed by atoms with Crippen LogP contribution in [0, 0.1) is 5.92 Å². The maximum atomic E-state index is 13.6. The molecule has 1 atom stereocenters. The third kappa shape index (κ3) is 6.57. The minimum Gasteiger partial charge on any atom is -0.490 e. The highest BCUT2D eigenvalue weighted by atomic mass is 16.5.